The average molecular weight is 266 g/mol. The average Bonchev–Trinajstić information content (AvgIpc) is 2.48. The van der Waals surface area contributed by atoms with E-state index in [9.17, 15) is 0 Å². The normalized spacial score (nSPS) is 31.9. The molecule has 19 heavy (non-hydrogen) atoms. The molecule has 3 nitrogen and oxygen atoms in total. The van der Waals surface area contributed by atoms with E-state index in [0.717, 1.165) is 31.5 Å². The number of hydrogen-bond acceptors (Lipinski definition) is 3. The van der Waals surface area contributed by atoms with Crippen molar-refractivity contribution in [2.75, 3.05) is 19.7 Å². The number of ether oxygens (including phenoxy) is 1. The molecule has 0 spiro atoms. The van der Waals surface area contributed by atoms with Crippen molar-refractivity contribution in [2.24, 2.45) is 5.92 Å². The molecule has 0 bridgehead atoms. The Labute approximate surface area is 118 Å². The Hall–Kier alpha value is -0.540. The van der Waals surface area contributed by atoms with Gasteiger partial charge in [0.15, 0.2) is 0 Å². The Morgan fingerprint density at radius 2 is 2.00 bits per heavy atom. The van der Waals surface area contributed by atoms with Gasteiger partial charge in [-0.25, -0.2) is 0 Å². The maximum atomic E-state index is 5.18. The lowest BCUT2D eigenvalue weighted by atomic mass is 9.77. The molecule has 3 heteroatoms. The number of piperidine rings is 1. The first kappa shape index (κ1) is 14.9. The molecular weight excluding hydrogens is 236 g/mol. The van der Waals surface area contributed by atoms with E-state index in [2.05, 4.69) is 17.2 Å². The minimum absolute atomic E-state index is 0.716. The van der Waals surface area contributed by atoms with Crippen LogP contribution in [-0.4, -0.2) is 31.8 Å². The van der Waals surface area contributed by atoms with Gasteiger partial charge >= 0.3 is 0 Å². The van der Waals surface area contributed by atoms with Crippen LogP contribution in [0.25, 0.3) is 0 Å². The smallest absolute Gasteiger partial charge is 0.0885 e. The summed E-state index contributed by atoms with van der Waals surface area (Å²) in [5, 5.41) is 7.53. The first-order valence-corrected chi connectivity index (χ1v) is 8.11. The van der Waals surface area contributed by atoms with E-state index < -0.39 is 0 Å². The van der Waals surface area contributed by atoms with Crippen LogP contribution in [0.1, 0.15) is 51.4 Å². The monoisotopic (exact) mass is 266 g/mol. The van der Waals surface area contributed by atoms with Crippen LogP contribution >= 0.6 is 0 Å². The molecule has 1 heterocycles. The van der Waals surface area contributed by atoms with E-state index >= 15 is 0 Å². The molecule has 1 saturated carbocycles. The van der Waals surface area contributed by atoms with E-state index in [1.165, 1.54) is 57.8 Å². The molecular formula is C16H30N2O. The predicted octanol–water partition coefficient (Wildman–Crippen LogP) is 2.83. The lowest BCUT2D eigenvalue weighted by Gasteiger charge is -2.40. The highest BCUT2D eigenvalue weighted by Gasteiger charge is 2.31. The van der Waals surface area contributed by atoms with Crippen molar-refractivity contribution in [1.29, 1.82) is 0 Å². The third-order valence-corrected chi connectivity index (χ3v) is 4.65. The maximum absolute atomic E-state index is 5.18. The van der Waals surface area contributed by atoms with Crippen molar-refractivity contribution in [3.05, 3.63) is 12.8 Å². The SMILES string of the molecule is C=COCCCNC1CCCCC1C1CCCCN1. The van der Waals surface area contributed by atoms with Crippen LogP contribution in [0.2, 0.25) is 0 Å². The quantitative estimate of drug-likeness (QED) is 0.549. The van der Waals surface area contributed by atoms with E-state index in [-0.39, 0.29) is 0 Å². The second kappa shape index (κ2) is 8.60. The predicted molar refractivity (Wildman–Crippen MR) is 80.2 cm³/mol. The molecule has 3 unspecified atom stereocenters. The van der Waals surface area contributed by atoms with Gasteiger partial charge in [-0.2, -0.15) is 0 Å². The fraction of sp³-hybridized carbons (Fsp3) is 0.875. The molecule has 0 aromatic carbocycles. The van der Waals surface area contributed by atoms with E-state index in [1.54, 1.807) is 0 Å². The van der Waals surface area contributed by atoms with Crippen molar-refractivity contribution >= 4 is 0 Å². The Balaban J connectivity index is 1.73. The summed E-state index contributed by atoms with van der Waals surface area (Å²) < 4.78 is 5.18. The van der Waals surface area contributed by atoms with Gasteiger partial charge in [0.05, 0.1) is 12.9 Å². The fourth-order valence-electron chi connectivity index (χ4n) is 3.67. The fourth-order valence-corrected chi connectivity index (χ4v) is 3.67. The summed E-state index contributed by atoms with van der Waals surface area (Å²) in [5.41, 5.74) is 0. The maximum Gasteiger partial charge on any atom is 0.0885 e. The van der Waals surface area contributed by atoms with Crippen LogP contribution in [0.3, 0.4) is 0 Å². The molecule has 2 fully saturated rings. The summed E-state index contributed by atoms with van der Waals surface area (Å²) >= 11 is 0. The Morgan fingerprint density at radius 1 is 1.16 bits per heavy atom. The summed E-state index contributed by atoms with van der Waals surface area (Å²) in [6, 6.07) is 1.48. The van der Waals surface area contributed by atoms with Gasteiger partial charge in [0.1, 0.15) is 0 Å². The highest BCUT2D eigenvalue weighted by molar-refractivity contribution is 4.90. The van der Waals surface area contributed by atoms with Crippen molar-refractivity contribution in [2.45, 2.75) is 63.5 Å². The Bertz CT molecular complexity index is 251. The van der Waals surface area contributed by atoms with E-state index in [1.807, 2.05) is 0 Å². The van der Waals surface area contributed by atoms with Crippen LogP contribution in [-0.2, 0) is 4.74 Å². The largest absolute Gasteiger partial charge is 0.502 e. The molecule has 0 aromatic rings. The van der Waals surface area contributed by atoms with Gasteiger partial charge in [0, 0.05) is 12.1 Å². The highest BCUT2D eigenvalue weighted by atomic mass is 16.5. The molecule has 110 valence electrons. The summed E-state index contributed by atoms with van der Waals surface area (Å²) in [5.74, 6) is 0.842. The molecule has 1 saturated heterocycles. The standard InChI is InChI=1S/C16H30N2O/c1-2-19-13-7-12-18-15-9-4-3-8-14(15)16-10-5-6-11-17-16/h2,14-18H,1,3-13H2. The summed E-state index contributed by atoms with van der Waals surface area (Å²) in [4.78, 5) is 0. The minimum Gasteiger partial charge on any atom is -0.502 e. The van der Waals surface area contributed by atoms with Crippen molar-refractivity contribution < 1.29 is 4.74 Å². The summed E-state index contributed by atoms with van der Waals surface area (Å²) in [7, 11) is 0. The van der Waals surface area contributed by atoms with Crippen LogP contribution in [0.4, 0.5) is 0 Å². The summed E-state index contributed by atoms with van der Waals surface area (Å²) in [6.07, 6.45) is 12.3. The van der Waals surface area contributed by atoms with Crippen LogP contribution in [0.5, 0.6) is 0 Å². The van der Waals surface area contributed by atoms with Crippen molar-refractivity contribution in [1.82, 2.24) is 10.6 Å². The lowest BCUT2D eigenvalue weighted by Crippen LogP contribution is -2.50. The molecule has 2 N–H and O–H groups in total. The number of hydrogen-bond donors (Lipinski definition) is 2. The number of nitrogens with one attached hydrogen (secondary N) is 2. The first-order valence-electron chi connectivity index (χ1n) is 8.11. The zero-order chi connectivity index (χ0) is 13.3. The first-order chi connectivity index (χ1) is 9.42. The van der Waals surface area contributed by atoms with Crippen LogP contribution in [0, 0.1) is 5.92 Å². The van der Waals surface area contributed by atoms with E-state index in [4.69, 9.17) is 4.74 Å². The second-order valence-corrected chi connectivity index (χ2v) is 5.96. The third kappa shape index (κ3) is 4.81. The van der Waals surface area contributed by atoms with Gasteiger partial charge in [-0.3, -0.25) is 0 Å². The Kier molecular flexibility index (Phi) is 6.72. The van der Waals surface area contributed by atoms with Gasteiger partial charge in [0.2, 0.25) is 0 Å². The van der Waals surface area contributed by atoms with Crippen LogP contribution < -0.4 is 10.6 Å². The molecule has 0 radical (unpaired) electrons. The summed E-state index contributed by atoms with van der Waals surface area (Å²) in [6.45, 7) is 6.65. The zero-order valence-electron chi connectivity index (χ0n) is 12.2. The molecule has 0 aromatic heterocycles. The molecule has 2 aliphatic rings. The second-order valence-electron chi connectivity index (χ2n) is 5.96. The van der Waals surface area contributed by atoms with Gasteiger partial charge in [0.25, 0.3) is 0 Å². The molecule has 1 aliphatic heterocycles. The topological polar surface area (TPSA) is 33.3 Å². The van der Waals surface area contributed by atoms with Gasteiger partial charge in [-0.05, 0) is 51.1 Å². The van der Waals surface area contributed by atoms with Crippen molar-refractivity contribution in [3.8, 4) is 0 Å². The Morgan fingerprint density at radius 3 is 2.79 bits per heavy atom. The van der Waals surface area contributed by atoms with Gasteiger partial charge < -0.3 is 15.4 Å². The van der Waals surface area contributed by atoms with Gasteiger partial charge in [-0.1, -0.05) is 25.8 Å². The highest BCUT2D eigenvalue weighted by Crippen LogP contribution is 2.30. The van der Waals surface area contributed by atoms with Crippen LogP contribution in [0.15, 0.2) is 12.8 Å². The van der Waals surface area contributed by atoms with Crippen molar-refractivity contribution in [3.63, 3.8) is 0 Å². The van der Waals surface area contributed by atoms with E-state index in [0.29, 0.717) is 6.04 Å². The number of rotatable bonds is 7. The lowest BCUT2D eigenvalue weighted by molar-refractivity contribution is 0.177. The molecule has 2 rings (SSSR count). The van der Waals surface area contributed by atoms with Gasteiger partial charge in [-0.15, -0.1) is 0 Å². The third-order valence-electron chi connectivity index (χ3n) is 4.65. The molecule has 3 atom stereocenters. The minimum atomic E-state index is 0.716. The molecule has 0 amide bonds. The zero-order valence-corrected chi connectivity index (χ0v) is 12.2. The molecule has 1 aliphatic carbocycles.